The highest BCUT2D eigenvalue weighted by Gasteiger charge is 2.30. The van der Waals surface area contributed by atoms with Crippen molar-refractivity contribution >= 4 is 23.1 Å². The standard InChI is InChI=1S/C16H13ClN4O2/c1-16(2)20-14(21-8-10(17)6-12(19)15(21)22)11-5-9(7-18)3-4-13(11)23-16/h3-6,8H,19H2,1-2H3. The first kappa shape index (κ1) is 15.1. The lowest BCUT2D eigenvalue weighted by atomic mass is 10.1. The van der Waals surface area contributed by atoms with Gasteiger partial charge < -0.3 is 10.5 Å². The third-order valence-corrected chi connectivity index (χ3v) is 3.53. The maximum Gasteiger partial charge on any atom is 0.279 e. The minimum atomic E-state index is -0.868. The Bertz CT molecular complexity index is 938. The second kappa shape index (κ2) is 5.14. The lowest BCUT2D eigenvalue weighted by molar-refractivity contribution is 0.114. The summed E-state index contributed by atoms with van der Waals surface area (Å²) >= 11 is 6.02. The third-order valence-electron chi connectivity index (χ3n) is 3.32. The predicted molar refractivity (Wildman–Crippen MR) is 87.9 cm³/mol. The van der Waals surface area contributed by atoms with E-state index in [4.69, 9.17) is 27.3 Å². The van der Waals surface area contributed by atoms with E-state index in [1.54, 1.807) is 32.0 Å². The first-order valence-electron chi connectivity index (χ1n) is 6.82. The van der Waals surface area contributed by atoms with Crippen LogP contribution in [0.2, 0.25) is 5.02 Å². The molecule has 0 amide bonds. The zero-order chi connectivity index (χ0) is 16.8. The summed E-state index contributed by atoms with van der Waals surface area (Å²) < 4.78 is 7.07. The van der Waals surface area contributed by atoms with Gasteiger partial charge in [0.05, 0.1) is 27.9 Å². The van der Waals surface area contributed by atoms with Gasteiger partial charge in [-0.15, -0.1) is 0 Å². The summed E-state index contributed by atoms with van der Waals surface area (Å²) in [5, 5.41) is 9.41. The summed E-state index contributed by atoms with van der Waals surface area (Å²) in [6, 6.07) is 8.39. The van der Waals surface area contributed by atoms with Crippen molar-refractivity contribution < 1.29 is 4.74 Å². The van der Waals surface area contributed by atoms with Gasteiger partial charge >= 0.3 is 0 Å². The molecule has 7 heteroatoms. The first-order valence-corrected chi connectivity index (χ1v) is 7.20. The number of nitrogens with zero attached hydrogens (tertiary/aromatic N) is 3. The third kappa shape index (κ3) is 2.67. The molecular formula is C16H13ClN4O2. The Morgan fingerprint density at radius 2 is 2.13 bits per heavy atom. The lowest BCUT2D eigenvalue weighted by Crippen LogP contribution is -2.38. The lowest BCUT2D eigenvalue weighted by Gasteiger charge is -2.30. The summed E-state index contributed by atoms with van der Waals surface area (Å²) in [7, 11) is 0. The molecule has 6 nitrogen and oxygen atoms in total. The van der Waals surface area contributed by atoms with Crippen LogP contribution in [-0.2, 0) is 0 Å². The van der Waals surface area contributed by atoms with Crippen LogP contribution in [0.25, 0.3) is 0 Å². The van der Waals surface area contributed by atoms with E-state index in [0.29, 0.717) is 27.7 Å². The number of fused-ring (bicyclic) bond motifs is 1. The molecule has 0 fully saturated rings. The van der Waals surface area contributed by atoms with Gasteiger partial charge in [0, 0.05) is 6.20 Å². The number of ether oxygens (including phenoxy) is 1. The maximum atomic E-state index is 12.4. The molecule has 0 aliphatic carbocycles. The normalized spacial score (nSPS) is 15.1. The van der Waals surface area contributed by atoms with Crippen LogP contribution in [0, 0.1) is 11.3 Å². The van der Waals surface area contributed by atoms with E-state index in [1.807, 2.05) is 0 Å². The van der Waals surface area contributed by atoms with Crippen LogP contribution in [0.5, 0.6) is 5.75 Å². The van der Waals surface area contributed by atoms with E-state index in [1.165, 1.54) is 16.8 Å². The monoisotopic (exact) mass is 328 g/mol. The fourth-order valence-corrected chi connectivity index (χ4v) is 2.60. The molecule has 1 aliphatic rings. The zero-order valence-corrected chi connectivity index (χ0v) is 13.3. The molecule has 2 N–H and O–H groups in total. The van der Waals surface area contributed by atoms with Crippen LogP contribution in [0.1, 0.15) is 25.0 Å². The van der Waals surface area contributed by atoms with Crippen LogP contribution < -0.4 is 16.0 Å². The van der Waals surface area contributed by atoms with E-state index < -0.39 is 11.3 Å². The van der Waals surface area contributed by atoms with Gasteiger partial charge in [-0.3, -0.25) is 9.36 Å². The van der Waals surface area contributed by atoms with E-state index in [9.17, 15) is 4.79 Å². The van der Waals surface area contributed by atoms with Crippen molar-refractivity contribution in [1.29, 1.82) is 5.26 Å². The Morgan fingerprint density at radius 1 is 1.39 bits per heavy atom. The number of anilines is 1. The fourth-order valence-electron chi connectivity index (χ4n) is 2.38. The van der Waals surface area contributed by atoms with Gasteiger partial charge in [0.15, 0.2) is 5.72 Å². The Kier molecular flexibility index (Phi) is 3.38. The molecule has 0 spiro atoms. The molecule has 0 bridgehead atoms. The van der Waals surface area contributed by atoms with Gasteiger partial charge in [0.1, 0.15) is 11.6 Å². The Morgan fingerprint density at radius 3 is 2.83 bits per heavy atom. The molecule has 116 valence electrons. The van der Waals surface area contributed by atoms with Gasteiger partial charge in [0.25, 0.3) is 5.56 Å². The number of nitrogen functional groups attached to an aromatic ring is 1. The summed E-state index contributed by atoms with van der Waals surface area (Å²) in [4.78, 5) is 16.9. The SMILES string of the molecule is CC1(C)N=C(n2cc(Cl)cc(N)c2=O)c2cc(C#N)ccc2O1. The van der Waals surface area contributed by atoms with Crippen molar-refractivity contribution in [2.75, 3.05) is 5.73 Å². The van der Waals surface area contributed by atoms with Gasteiger partial charge in [-0.1, -0.05) is 11.6 Å². The summed E-state index contributed by atoms with van der Waals surface area (Å²) in [6.45, 7) is 3.54. The number of halogens is 1. The van der Waals surface area contributed by atoms with Crippen LogP contribution in [0.15, 0.2) is 40.2 Å². The molecule has 2 heterocycles. The number of aromatic nitrogens is 1. The largest absolute Gasteiger partial charge is 0.466 e. The van der Waals surface area contributed by atoms with Crippen molar-refractivity contribution in [3.8, 4) is 11.8 Å². The van der Waals surface area contributed by atoms with E-state index in [-0.39, 0.29) is 5.69 Å². The van der Waals surface area contributed by atoms with Gasteiger partial charge in [-0.25, -0.2) is 4.99 Å². The van der Waals surface area contributed by atoms with E-state index in [0.717, 1.165) is 0 Å². The van der Waals surface area contributed by atoms with Gasteiger partial charge in [0.2, 0.25) is 0 Å². The predicted octanol–water partition coefficient (Wildman–Crippen LogP) is 2.38. The Labute approximate surface area is 137 Å². The molecule has 23 heavy (non-hydrogen) atoms. The number of benzene rings is 1. The molecule has 0 saturated carbocycles. The summed E-state index contributed by atoms with van der Waals surface area (Å²) in [6.07, 6.45) is 1.45. The Balaban J connectivity index is 2.33. The van der Waals surface area contributed by atoms with Crippen LogP contribution in [0.3, 0.4) is 0 Å². The van der Waals surface area contributed by atoms with E-state index in [2.05, 4.69) is 11.1 Å². The number of aliphatic imine (C=N–C) groups is 1. The second-order valence-electron chi connectivity index (χ2n) is 5.60. The Hall–Kier alpha value is -2.78. The first-order chi connectivity index (χ1) is 10.8. The number of rotatable bonds is 0. The molecule has 1 aliphatic heterocycles. The molecular weight excluding hydrogens is 316 g/mol. The van der Waals surface area contributed by atoms with Gasteiger partial charge in [-0.05, 0) is 38.1 Å². The number of hydrogen-bond acceptors (Lipinski definition) is 5. The van der Waals surface area contributed by atoms with Crippen LogP contribution in [-0.4, -0.2) is 16.1 Å². The van der Waals surface area contributed by atoms with Crippen molar-refractivity contribution in [2.45, 2.75) is 19.6 Å². The quantitative estimate of drug-likeness (QED) is 0.803. The molecule has 0 saturated heterocycles. The number of nitriles is 1. The molecule has 1 aromatic heterocycles. The molecule has 2 aromatic rings. The maximum absolute atomic E-state index is 12.4. The highest BCUT2D eigenvalue weighted by atomic mass is 35.5. The fraction of sp³-hybridized carbons (Fsp3) is 0.188. The summed E-state index contributed by atoms with van der Waals surface area (Å²) in [5.41, 5.74) is 5.40. The van der Waals surface area contributed by atoms with E-state index >= 15 is 0 Å². The van der Waals surface area contributed by atoms with Crippen LogP contribution >= 0.6 is 11.6 Å². The van der Waals surface area contributed by atoms with Gasteiger partial charge in [-0.2, -0.15) is 5.26 Å². The van der Waals surface area contributed by atoms with Crippen molar-refractivity contribution in [2.24, 2.45) is 4.99 Å². The zero-order valence-electron chi connectivity index (χ0n) is 12.5. The molecule has 0 radical (unpaired) electrons. The molecule has 0 unspecified atom stereocenters. The highest BCUT2D eigenvalue weighted by molar-refractivity contribution is 6.30. The van der Waals surface area contributed by atoms with Crippen LogP contribution in [0.4, 0.5) is 5.69 Å². The second-order valence-corrected chi connectivity index (χ2v) is 6.03. The molecule has 1 aromatic carbocycles. The number of hydrogen-bond donors (Lipinski definition) is 1. The minimum Gasteiger partial charge on any atom is -0.466 e. The summed E-state index contributed by atoms with van der Waals surface area (Å²) in [5.74, 6) is 0.872. The average molecular weight is 329 g/mol. The van der Waals surface area contributed by atoms with Crippen molar-refractivity contribution in [3.63, 3.8) is 0 Å². The average Bonchev–Trinajstić information content (AvgIpc) is 2.49. The number of nitrogens with two attached hydrogens (primary N) is 1. The van der Waals surface area contributed by atoms with Crippen molar-refractivity contribution in [3.05, 3.63) is 57.0 Å². The minimum absolute atomic E-state index is 0.0162. The molecule has 0 atom stereocenters. The smallest absolute Gasteiger partial charge is 0.279 e. The number of pyridine rings is 1. The topological polar surface area (TPSA) is 93.4 Å². The van der Waals surface area contributed by atoms with Crippen molar-refractivity contribution in [1.82, 2.24) is 4.57 Å². The molecule has 3 rings (SSSR count). The highest BCUT2D eigenvalue weighted by Crippen LogP contribution is 2.31.